The molecule has 5 heteroatoms. The van der Waals surface area contributed by atoms with Gasteiger partial charge in [0.15, 0.2) is 0 Å². The van der Waals surface area contributed by atoms with E-state index in [2.05, 4.69) is 24.1 Å². The summed E-state index contributed by atoms with van der Waals surface area (Å²) in [4.78, 5) is 16.4. The number of nitrogens with one attached hydrogen (secondary N) is 1. The molecule has 0 bridgehead atoms. The maximum atomic E-state index is 12.1. The molecule has 20 heavy (non-hydrogen) atoms. The van der Waals surface area contributed by atoms with Gasteiger partial charge >= 0.3 is 0 Å². The molecule has 2 aromatic heterocycles. The highest BCUT2D eigenvalue weighted by atomic mass is 16.2. The molecule has 0 fully saturated rings. The van der Waals surface area contributed by atoms with Gasteiger partial charge in [-0.05, 0) is 30.5 Å². The molecule has 2 rings (SSSR count). The quantitative estimate of drug-likeness (QED) is 0.871. The lowest BCUT2D eigenvalue weighted by Crippen LogP contribution is -2.38. The molecule has 108 valence electrons. The van der Waals surface area contributed by atoms with Crippen LogP contribution >= 0.6 is 0 Å². The molecule has 1 amide bonds. The smallest absolute Gasteiger partial charge is 0.240 e. The summed E-state index contributed by atoms with van der Waals surface area (Å²) >= 11 is 0. The van der Waals surface area contributed by atoms with Gasteiger partial charge in [0.05, 0.1) is 0 Å². The van der Waals surface area contributed by atoms with Crippen LogP contribution in [-0.2, 0) is 17.9 Å². The van der Waals surface area contributed by atoms with Crippen LogP contribution in [0.25, 0.3) is 11.0 Å². The maximum absolute atomic E-state index is 12.1. The summed E-state index contributed by atoms with van der Waals surface area (Å²) in [6, 6.07) is 4.02. The fourth-order valence-corrected chi connectivity index (χ4v) is 2.10. The highest BCUT2D eigenvalue weighted by Gasteiger charge is 2.14. The summed E-state index contributed by atoms with van der Waals surface area (Å²) in [5, 5.41) is 4.01. The Balaban J connectivity index is 2.19. The van der Waals surface area contributed by atoms with E-state index in [0.717, 1.165) is 16.6 Å². The van der Waals surface area contributed by atoms with Crippen molar-refractivity contribution in [3.05, 3.63) is 30.1 Å². The van der Waals surface area contributed by atoms with Crippen molar-refractivity contribution in [1.82, 2.24) is 14.9 Å². The Bertz CT molecular complexity index is 603. The third-order valence-corrected chi connectivity index (χ3v) is 3.64. The number of hydrogen-bond donors (Lipinski definition) is 2. The summed E-state index contributed by atoms with van der Waals surface area (Å²) in [6.45, 7) is 6.90. The number of carbonyl (C=O) groups excluding carboxylic acids is 1. The first kappa shape index (κ1) is 14.5. The Morgan fingerprint density at radius 1 is 1.45 bits per heavy atom. The van der Waals surface area contributed by atoms with E-state index in [1.165, 1.54) is 0 Å². The predicted octanol–water partition coefficient (Wildman–Crippen LogP) is 1.66. The van der Waals surface area contributed by atoms with Gasteiger partial charge in [-0.3, -0.25) is 4.79 Å². The zero-order valence-electron chi connectivity index (χ0n) is 12.3. The first-order chi connectivity index (χ1) is 9.52. The number of fused-ring (bicyclic) bond motifs is 1. The van der Waals surface area contributed by atoms with Gasteiger partial charge in [-0.1, -0.05) is 13.8 Å². The Labute approximate surface area is 119 Å². The zero-order valence-corrected chi connectivity index (χ0v) is 12.3. The van der Waals surface area contributed by atoms with Crippen LogP contribution in [-0.4, -0.2) is 21.5 Å². The van der Waals surface area contributed by atoms with Crippen LogP contribution in [0.2, 0.25) is 0 Å². The summed E-state index contributed by atoms with van der Waals surface area (Å²) in [6.07, 6.45) is 3.64. The van der Waals surface area contributed by atoms with Gasteiger partial charge in [-0.2, -0.15) is 0 Å². The van der Waals surface area contributed by atoms with E-state index in [1.54, 1.807) is 6.20 Å². The van der Waals surface area contributed by atoms with Crippen LogP contribution in [0.3, 0.4) is 0 Å². The van der Waals surface area contributed by atoms with Gasteiger partial charge in [-0.15, -0.1) is 0 Å². The summed E-state index contributed by atoms with van der Waals surface area (Å²) < 4.78 is 1.86. The molecule has 1 unspecified atom stereocenters. The van der Waals surface area contributed by atoms with Crippen LogP contribution in [0.4, 0.5) is 0 Å². The molecule has 0 radical (unpaired) electrons. The Kier molecular flexibility index (Phi) is 4.39. The van der Waals surface area contributed by atoms with Crippen molar-refractivity contribution in [2.75, 3.05) is 0 Å². The minimum Gasteiger partial charge on any atom is -0.352 e. The zero-order chi connectivity index (χ0) is 14.7. The highest BCUT2D eigenvalue weighted by Crippen LogP contribution is 2.18. The molecule has 0 aliphatic heterocycles. The first-order valence-electron chi connectivity index (χ1n) is 6.95. The number of pyridine rings is 1. The molecular weight excluding hydrogens is 252 g/mol. The van der Waals surface area contributed by atoms with E-state index < -0.39 is 0 Å². The molecule has 0 spiro atoms. The van der Waals surface area contributed by atoms with Crippen LogP contribution < -0.4 is 11.1 Å². The average Bonchev–Trinajstić information content (AvgIpc) is 2.77. The van der Waals surface area contributed by atoms with Crippen molar-refractivity contribution in [2.45, 2.75) is 39.9 Å². The van der Waals surface area contributed by atoms with Crippen LogP contribution in [0.15, 0.2) is 24.5 Å². The molecule has 0 saturated carbocycles. The first-order valence-corrected chi connectivity index (χ1v) is 6.95. The minimum atomic E-state index is -0.00248. The molecule has 5 nitrogen and oxygen atoms in total. The van der Waals surface area contributed by atoms with Crippen molar-refractivity contribution in [3.8, 4) is 0 Å². The minimum absolute atomic E-state index is 0.00248. The number of nitrogens with zero attached hydrogens (tertiary/aromatic N) is 2. The second-order valence-corrected chi connectivity index (χ2v) is 5.46. The second-order valence-electron chi connectivity index (χ2n) is 5.46. The normalized spacial score (nSPS) is 12.8. The number of hydrogen-bond acceptors (Lipinski definition) is 3. The summed E-state index contributed by atoms with van der Waals surface area (Å²) in [5.74, 6) is 0.412. The number of aromatic nitrogens is 2. The van der Waals surface area contributed by atoms with Crippen LogP contribution in [0, 0.1) is 5.92 Å². The van der Waals surface area contributed by atoms with E-state index in [-0.39, 0.29) is 18.5 Å². The lowest BCUT2D eigenvalue weighted by Gasteiger charge is -2.17. The van der Waals surface area contributed by atoms with E-state index in [1.807, 2.05) is 29.8 Å². The topological polar surface area (TPSA) is 72.9 Å². The van der Waals surface area contributed by atoms with Gasteiger partial charge < -0.3 is 15.6 Å². The van der Waals surface area contributed by atoms with E-state index in [0.29, 0.717) is 12.5 Å². The molecule has 2 aromatic rings. The number of rotatable bonds is 5. The third kappa shape index (κ3) is 2.99. The molecule has 2 heterocycles. The Hall–Kier alpha value is -1.88. The van der Waals surface area contributed by atoms with Crippen molar-refractivity contribution >= 4 is 16.9 Å². The van der Waals surface area contributed by atoms with Gasteiger partial charge in [-0.25, -0.2) is 4.98 Å². The monoisotopic (exact) mass is 274 g/mol. The Morgan fingerprint density at radius 3 is 2.85 bits per heavy atom. The molecule has 1 atom stereocenters. The molecule has 0 aliphatic carbocycles. The van der Waals surface area contributed by atoms with Crippen LogP contribution in [0.5, 0.6) is 0 Å². The fraction of sp³-hybridized carbons (Fsp3) is 0.467. The van der Waals surface area contributed by atoms with Crippen LogP contribution in [0.1, 0.15) is 26.3 Å². The number of carbonyl (C=O) groups is 1. The number of nitrogens with two attached hydrogens (primary N) is 1. The van der Waals surface area contributed by atoms with Gasteiger partial charge in [0.1, 0.15) is 12.2 Å². The lowest BCUT2D eigenvalue weighted by atomic mass is 10.1. The van der Waals surface area contributed by atoms with E-state index >= 15 is 0 Å². The van der Waals surface area contributed by atoms with E-state index in [9.17, 15) is 4.79 Å². The molecule has 0 saturated heterocycles. The standard InChI is InChI=1S/C15H22N4O/c1-10(2)11(3)18-14(20)9-19-8-12(7-16)13-5-4-6-17-15(13)19/h4-6,8,10-11H,7,9,16H2,1-3H3,(H,18,20). The van der Waals surface area contributed by atoms with Crippen molar-refractivity contribution in [2.24, 2.45) is 11.7 Å². The van der Waals surface area contributed by atoms with Crippen molar-refractivity contribution < 1.29 is 4.79 Å². The molecular formula is C15H22N4O. The Morgan fingerprint density at radius 2 is 2.20 bits per heavy atom. The molecule has 0 aromatic carbocycles. The molecule has 0 aliphatic rings. The SMILES string of the molecule is CC(C)C(C)NC(=O)Cn1cc(CN)c2cccnc21. The summed E-state index contributed by atoms with van der Waals surface area (Å²) in [5.41, 5.74) is 7.56. The second kappa shape index (κ2) is 6.05. The fourth-order valence-electron chi connectivity index (χ4n) is 2.10. The summed E-state index contributed by atoms with van der Waals surface area (Å²) in [7, 11) is 0. The highest BCUT2D eigenvalue weighted by molar-refractivity contribution is 5.83. The number of amides is 1. The third-order valence-electron chi connectivity index (χ3n) is 3.64. The van der Waals surface area contributed by atoms with Crippen molar-refractivity contribution in [1.29, 1.82) is 0 Å². The molecule has 3 N–H and O–H groups in total. The average molecular weight is 274 g/mol. The predicted molar refractivity (Wildman–Crippen MR) is 80.1 cm³/mol. The van der Waals surface area contributed by atoms with Gasteiger partial charge in [0.2, 0.25) is 5.91 Å². The largest absolute Gasteiger partial charge is 0.352 e. The van der Waals surface area contributed by atoms with Gasteiger partial charge in [0, 0.05) is 30.4 Å². The lowest BCUT2D eigenvalue weighted by molar-refractivity contribution is -0.122. The van der Waals surface area contributed by atoms with E-state index in [4.69, 9.17) is 5.73 Å². The van der Waals surface area contributed by atoms with Crippen molar-refractivity contribution in [3.63, 3.8) is 0 Å². The maximum Gasteiger partial charge on any atom is 0.240 e. The van der Waals surface area contributed by atoms with Gasteiger partial charge in [0.25, 0.3) is 0 Å².